The monoisotopic (exact) mass is 280 g/mol. The van der Waals surface area contributed by atoms with E-state index in [4.69, 9.17) is 9.47 Å². The highest BCUT2D eigenvalue weighted by molar-refractivity contribution is 5.76. The largest absolute Gasteiger partial charge is 0.481 e. The Kier molecular flexibility index (Phi) is 2.90. The summed E-state index contributed by atoms with van der Waals surface area (Å²) in [6, 6.07) is 0. The van der Waals surface area contributed by atoms with Crippen LogP contribution in [0.5, 0.6) is 0 Å². The fourth-order valence-electron chi connectivity index (χ4n) is 4.83. The first-order valence-electron chi connectivity index (χ1n) is 8.15. The van der Waals surface area contributed by atoms with Crippen LogP contribution in [-0.2, 0) is 14.3 Å². The standard InChI is InChI=1S/C16H24O4/c17-14(18)16(7-9-19-13(16)11-2-3-11)12-4-8-20-15(10-12)5-1-6-15/h11-13H,1-10H2,(H,17,18). The molecule has 3 atom stereocenters. The number of rotatable bonds is 3. The molecule has 2 saturated heterocycles. The minimum absolute atomic E-state index is 0.0159. The third-order valence-corrected chi connectivity index (χ3v) is 6.26. The van der Waals surface area contributed by atoms with Gasteiger partial charge in [-0.05, 0) is 63.2 Å². The molecule has 2 aliphatic carbocycles. The molecule has 4 nitrogen and oxygen atoms in total. The van der Waals surface area contributed by atoms with Gasteiger partial charge >= 0.3 is 5.97 Å². The molecule has 0 bridgehead atoms. The number of carboxylic acid groups (broad SMARTS) is 1. The predicted molar refractivity (Wildman–Crippen MR) is 72.4 cm³/mol. The van der Waals surface area contributed by atoms with Crippen molar-refractivity contribution in [1.29, 1.82) is 0 Å². The SMILES string of the molecule is O=C(O)C1(C2CCOC3(CCC3)C2)CCOC1C1CC1. The van der Waals surface area contributed by atoms with Crippen molar-refractivity contribution in [2.45, 2.75) is 63.1 Å². The number of hydrogen-bond acceptors (Lipinski definition) is 3. The molecule has 2 heterocycles. The van der Waals surface area contributed by atoms with E-state index in [0.29, 0.717) is 18.9 Å². The zero-order chi connectivity index (χ0) is 13.8. The molecule has 1 spiro atoms. The van der Waals surface area contributed by atoms with Gasteiger partial charge in [0.1, 0.15) is 0 Å². The van der Waals surface area contributed by atoms with Gasteiger partial charge in [0, 0.05) is 13.2 Å². The van der Waals surface area contributed by atoms with E-state index in [1.165, 1.54) is 6.42 Å². The second-order valence-electron chi connectivity index (χ2n) is 7.30. The molecular formula is C16H24O4. The smallest absolute Gasteiger partial charge is 0.312 e. The van der Waals surface area contributed by atoms with Crippen LogP contribution in [0.1, 0.15) is 51.4 Å². The van der Waals surface area contributed by atoms with Crippen molar-refractivity contribution in [3.8, 4) is 0 Å². The summed E-state index contributed by atoms with van der Waals surface area (Å²) in [7, 11) is 0. The van der Waals surface area contributed by atoms with Gasteiger partial charge in [-0.2, -0.15) is 0 Å². The van der Waals surface area contributed by atoms with Gasteiger partial charge in [-0.1, -0.05) is 0 Å². The molecule has 0 amide bonds. The Morgan fingerprint density at radius 3 is 2.50 bits per heavy atom. The van der Waals surface area contributed by atoms with E-state index in [-0.39, 0.29) is 17.6 Å². The van der Waals surface area contributed by atoms with Gasteiger partial charge in [-0.15, -0.1) is 0 Å². The molecule has 4 aliphatic rings. The van der Waals surface area contributed by atoms with Crippen molar-refractivity contribution in [2.24, 2.45) is 17.3 Å². The number of ether oxygens (including phenoxy) is 2. The second-order valence-corrected chi connectivity index (χ2v) is 7.30. The summed E-state index contributed by atoms with van der Waals surface area (Å²) < 4.78 is 11.9. The van der Waals surface area contributed by atoms with Gasteiger partial charge in [-0.3, -0.25) is 4.79 Å². The molecule has 3 unspecified atom stereocenters. The van der Waals surface area contributed by atoms with Crippen molar-refractivity contribution >= 4 is 5.97 Å². The molecule has 20 heavy (non-hydrogen) atoms. The van der Waals surface area contributed by atoms with Crippen molar-refractivity contribution in [3.63, 3.8) is 0 Å². The van der Waals surface area contributed by atoms with Gasteiger partial charge in [-0.25, -0.2) is 0 Å². The molecule has 0 aromatic carbocycles. The van der Waals surface area contributed by atoms with Gasteiger partial charge in [0.2, 0.25) is 0 Å². The number of hydrogen-bond donors (Lipinski definition) is 1. The molecule has 4 rings (SSSR count). The van der Waals surface area contributed by atoms with Crippen molar-refractivity contribution in [3.05, 3.63) is 0 Å². The lowest BCUT2D eigenvalue weighted by Gasteiger charge is -2.51. The Labute approximate surface area is 119 Å². The zero-order valence-corrected chi connectivity index (χ0v) is 12.0. The molecular weight excluding hydrogens is 256 g/mol. The number of carboxylic acids is 1. The minimum atomic E-state index is -0.631. The highest BCUT2D eigenvalue weighted by Crippen LogP contribution is 2.57. The Balaban J connectivity index is 1.63. The quantitative estimate of drug-likeness (QED) is 0.863. The summed E-state index contributed by atoms with van der Waals surface area (Å²) in [5.41, 5.74) is -0.615. The molecule has 2 aliphatic heterocycles. The summed E-state index contributed by atoms with van der Waals surface area (Å²) >= 11 is 0. The van der Waals surface area contributed by atoms with Crippen molar-refractivity contribution < 1.29 is 19.4 Å². The molecule has 0 radical (unpaired) electrons. The lowest BCUT2D eigenvalue weighted by molar-refractivity contribution is -0.184. The van der Waals surface area contributed by atoms with E-state index in [0.717, 1.165) is 45.1 Å². The lowest BCUT2D eigenvalue weighted by Crippen LogP contribution is -2.54. The fraction of sp³-hybridized carbons (Fsp3) is 0.938. The summed E-state index contributed by atoms with van der Waals surface area (Å²) in [5.74, 6) is 0.115. The summed E-state index contributed by atoms with van der Waals surface area (Å²) in [6.07, 6.45) is 8.25. The summed E-state index contributed by atoms with van der Waals surface area (Å²) in [5, 5.41) is 10.0. The third-order valence-electron chi connectivity index (χ3n) is 6.26. The van der Waals surface area contributed by atoms with E-state index in [1.54, 1.807) is 0 Å². The maximum Gasteiger partial charge on any atom is 0.312 e. The number of aliphatic carboxylic acids is 1. The maximum absolute atomic E-state index is 12.2. The molecule has 4 heteroatoms. The van der Waals surface area contributed by atoms with Crippen molar-refractivity contribution in [2.75, 3.05) is 13.2 Å². The third kappa shape index (κ3) is 1.77. The average molecular weight is 280 g/mol. The Morgan fingerprint density at radius 2 is 1.90 bits per heavy atom. The fourth-order valence-corrected chi connectivity index (χ4v) is 4.83. The molecule has 0 aromatic heterocycles. The van der Waals surface area contributed by atoms with Gasteiger partial charge in [0.15, 0.2) is 0 Å². The van der Waals surface area contributed by atoms with Crippen LogP contribution in [0.25, 0.3) is 0 Å². The molecule has 1 N–H and O–H groups in total. The zero-order valence-electron chi connectivity index (χ0n) is 12.0. The van der Waals surface area contributed by atoms with Crippen LogP contribution in [0.15, 0.2) is 0 Å². The molecule has 2 saturated carbocycles. The van der Waals surface area contributed by atoms with E-state index in [1.807, 2.05) is 0 Å². The topological polar surface area (TPSA) is 55.8 Å². The summed E-state index contributed by atoms with van der Waals surface area (Å²) in [6.45, 7) is 1.36. The van der Waals surface area contributed by atoms with Crippen molar-refractivity contribution in [1.82, 2.24) is 0 Å². The van der Waals surface area contributed by atoms with E-state index in [2.05, 4.69) is 0 Å². The summed E-state index contributed by atoms with van der Waals surface area (Å²) in [4.78, 5) is 12.2. The van der Waals surface area contributed by atoms with Gasteiger partial charge in [0.25, 0.3) is 0 Å². The van der Waals surface area contributed by atoms with Crippen LogP contribution in [0.4, 0.5) is 0 Å². The Bertz CT molecular complexity index is 413. The number of carbonyl (C=O) groups is 1. The second kappa shape index (κ2) is 4.44. The van der Waals surface area contributed by atoms with Crippen LogP contribution < -0.4 is 0 Å². The van der Waals surface area contributed by atoms with Gasteiger partial charge in [0.05, 0.1) is 17.1 Å². The Hall–Kier alpha value is -0.610. The normalized spacial score (nSPS) is 43.4. The Morgan fingerprint density at radius 1 is 1.10 bits per heavy atom. The van der Waals surface area contributed by atoms with E-state index >= 15 is 0 Å². The van der Waals surface area contributed by atoms with E-state index in [9.17, 15) is 9.90 Å². The predicted octanol–water partition coefficient (Wildman–Crippen LogP) is 2.61. The van der Waals surface area contributed by atoms with E-state index < -0.39 is 11.4 Å². The van der Waals surface area contributed by atoms with Gasteiger partial charge < -0.3 is 14.6 Å². The highest BCUT2D eigenvalue weighted by Gasteiger charge is 2.61. The van der Waals surface area contributed by atoms with Crippen LogP contribution in [0.3, 0.4) is 0 Å². The van der Waals surface area contributed by atoms with Crippen LogP contribution in [0, 0.1) is 17.3 Å². The molecule has 4 fully saturated rings. The maximum atomic E-state index is 12.2. The first-order valence-corrected chi connectivity index (χ1v) is 8.15. The first-order chi connectivity index (χ1) is 9.66. The highest BCUT2D eigenvalue weighted by atomic mass is 16.5. The minimum Gasteiger partial charge on any atom is -0.481 e. The van der Waals surface area contributed by atoms with Crippen LogP contribution >= 0.6 is 0 Å². The molecule has 112 valence electrons. The average Bonchev–Trinajstić information content (AvgIpc) is 3.15. The first kappa shape index (κ1) is 13.1. The van der Waals surface area contributed by atoms with Crippen LogP contribution in [-0.4, -0.2) is 36.0 Å². The van der Waals surface area contributed by atoms with Crippen LogP contribution in [0.2, 0.25) is 0 Å². The lowest BCUT2D eigenvalue weighted by atomic mass is 9.60. The molecule has 0 aromatic rings.